The van der Waals surface area contributed by atoms with E-state index in [1.807, 2.05) is 14.0 Å². The van der Waals surface area contributed by atoms with Crippen molar-refractivity contribution in [2.45, 2.75) is 31.7 Å². The molecule has 1 aliphatic rings. The van der Waals surface area contributed by atoms with Gasteiger partial charge in [0.25, 0.3) is 0 Å². The minimum atomic E-state index is -0.425. The van der Waals surface area contributed by atoms with Crippen LogP contribution < -0.4 is 10.2 Å². The highest BCUT2D eigenvalue weighted by Gasteiger charge is 2.37. The molecule has 8 heteroatoms. The third kappa shape index (κ3) is 3.73. The number of carbonyl (C=O) groups excluding carboxylic acids is 1. The van der Waals surface area contributed by atoms with E-state index in [9.17, 15) is 9.18 Å². The van der Waals surface area contributed by atoms with E-state index in [1.165, 1.54) is 12.1 Å². The molecule has 1 aromatic carbocycles. The van der Waals surface area contributed by atoms with Gasteiger partial charge in [0.15, 0.2) is 5.82 Å². The van der Waals surface area contributed by atoms with Gasteiger partial charge in [0.05, 0.1) is 0 Å². The first kappa shape index (κ1) is 18.4. The molecule has 1 saturated heterocycles. The summed E-state index contributed by atoms with van der Waals surface area (Å²) in [6, 6.07) is 6.13. The Bertz CT molecular complexity index is 692. The van der Waals surface area contributed by atoms with Gasteiger partial charge in [-0.05, 0) is 44.7 Å². The van der Waals surface area contributed by atoms with Crippen LogP contribution in [0.3, 0.4) is 0 Å². The Labute approximate surface area is 145 Å². The van der Waals surface area contributed by atoms with E-state index in [-0.39, 0.29) is 30.2 Å². The molecule has 1 amide bonds. The van der Waals surface area contributed by atoms with Crippen molar-refractivity contribution in [3.8, 4) is 0 Å². The summed E-state index contributed by atoms with van der Waals surface area (Å²) in [5.41, 5.74) is 0.683. The Morgan fingerprint density at radius 2 is 2.12 bits per heavy atom. The topological polar surface area (TPSA) is 71.3 Å². The van der Waals surface area contributed by atoms with E-state index in [1.54, 1.807) is 17.0 Å². The van der Waals surface area contributed by atoms with Crippen LogP contribution in [0.4, 0.5) is 10.1 Å². The number of anilines is 1. The fourth-order valence-electron chi connectivity index (χ4n) is 2.65. The van der Waals surface area contributed by atoms with Crippen molar-refractivity contribution in [2.75, 3.05) is 18.5 Å². The molecule has 2 atom stereocenters. The van der Waals surface area contributed by atoms with Crippen molar-refractivity contribution in [2.24, 2.45) is 0 Å². The summed E-state index contributed by atoms with van der Waals surface area (Å²) >= 11 is 0. The highest BCUT2D eigenvalue weighted by molar-refractivity contribution is 5.99. The van der Waals surface area contributed by atoms with Gasteiger partial charge in [-0.25, -0.2) is 4.39 Å². The van der Waals surface area contributed by atoms with Gasteiger partial charge in [0.1, 0.15) is 11.7 Å². The highest BCUT2D eigenvalue weighted by atomic mass is 35.5. The van der Waals surface area contributed by atoms with E-state index in [0.29, 0.717) is 36.8 Å². The van der Waals surface area contributed by atoms with Crippen LogP contribution in [0.25, 0.3) is 0 Å². The number of nitrogens with zero attached hydrogens (tertiary/aromatic N) is 3. The zero-order valence-corrected chi connectivity index (χ0v) is 14.3. The first-order chi connectivity index (χ1) is 11.1. The van der Waals surface area contributed by atoms with Gasteiger partial charge in [0.2, 0.25) is 11.8 Å². The van der Waals surface area contributed by atoms with Gasteiger partial charge in [-0.3, -0.25) is 4.79 Å². The standard InChI is InChI=1S/C16H19FN4O2.ClH/c1-10(18-2)9-14-19-15(23-20-14)13-7-8-21(16(13)22)12-5-3-11(17)4-6-12;/h3-6,10,13,18H,7-9H2,1-2H3;1H. The van der Waals surface area contributed by atoms with Gasteiger partial charge in [-0.1, -0.05) is 5.16 Å². The van der Waals surface area contributed by atoms with Crippen LogP contribution >= 0.6 is 12.4 Å². The molecular weight excluding hydrogens is 335 g/mol. The number of amides is 1. The van der Waals surface area contributed by atoms with E-state index in [0.717, 1.165) is 0 Å². The van der Waals surface area contributed by atoms with Crippen LogP contribution in [0, 0.1) is 5.82 Å². The second-order valence-corrected chi connectivity index (χ2v) is 5.75. The summed E-state index contributed by atoms with van der Waals surface area (Å²) in [4.78, 5) is 18.5. The molecule has 1 N–H and O–H groups in total. The Kier molecular flexibility index (Phi) is 5.90. The van der Waals surface area contributed by atoms with Crippen molar-refractivity contribution in [3.63, 3.8) is 0 Å². The minimum Gasteiger partial charge on any atom is -0.338 e. The number of aromatic nitrogens is 2. The molecule has 1 fully saturated rings. The summed E-state index contributed by atoms with van der Waals surface area (Å²) in [7, 11) is 1.87. The molecule has 2 aromatic rings. The fourth-order valence-corrected chi connectivity index (χ4v) is 2.65. The predicted molar refractivity (Wildman–Crippen MR) is 89.9 cm³/mol. The lowest BCUT2D eigenvalue weighted by atomic mass is 10.1. The van der Waals surface area contributed by atoms with E-state index in [4.69, 9.17) is 4.52 Å². The maximum atomic E-state index is 13.0. The molecule has 24 heavy (non-hydrogen) atoms. The monoisotopic (exact) mass is 354 g/mol. The van der Waals surface area contributed by atoms with Gasteiger partial charge in [0, 0.05) is 24.7 Å². The third-order valence-corrected chi connectivity index (χ3v) is 4.11. The van der Waals surface area contributed by atoms with Crippen LogP contribution in [0.15, 0.2) is 28.8 Å². The number of likely N-dealkylation sites (N-methyl/N-ethyl adjacent to an activating group) is 1. The van der Waals surface area contributed by atoms with Crippen molar-refractivity contribution in [3.05, 3.63) is 41.8 Å². The van der Waals surface area contributed by atoms with Crippen molar-refractivity contribution < 1.29 is 13.7 Å². The van der Waals surface area contributed by atoms with Crippen LogP contribution in [-0.4, -0.2) is 35.7 Å². The summed E-state index contributed by atoms with van der Waals surface area (Å²) in [6.07, 6.45) is 1.25. The Morgan fingerprint density at radius 3 is 2.79 bits per heavy atom. The quantitative estimate of drug-likeness (QED) is 0.892. The summed E-state index contributed by atoms with van der Waals surface area (Å²) < 4.78 is 18.3. The van der Waals surface area contributed by atoms with Crippen molar-refractivity contribution in [1.82, 2.24) is 15.5 Å². The lowest BCUT2D eigenvalue weighted by Gasteiger charge is -2.15. The fraction of sp³-hybridized carbons (Fsp3) is 0.438. The normalized spacial score (nSPS) is 18.5. The van der Waals surface area contributed by atoms with Crippen LogP contribution in [0.1, 0.15) is 31.0 Å². The van der Waals surface area contributed by atoms with E-state index in [2.05, 4.69) is 15.5 Å². The molecular formula is C16H20ClFN4O2. The molecule has 6 nitrogen and oxygen atoms in total. The average molecular weight is 355 g/mol. The molecule has 1 aromatic heterocycles. The molecule has 130 valence electrons. The van der Waals surface area contributed by atoms with Gasteiger partial charge in [-0.2, -0.15) is 4.98 Å². The second-order valence-electron chi connectivity index (χ2n) is 5.75. The molecule has 3 rings (SSSR count). The largest absolute Gasteiger partial charge is 0.338 e. The zero-order valence-electron chi connectivity index (χ0n) is 13.5. The summed E-state index contributed by atoms with van der Waals surface area (Å²) in [5.74, 6) is 0.115. The van der Waals surface area contributed by atoms with Gasteiger partial charge >= 0.3 is 0 Å². The van der Waals surface area contributed by atoms with Crippen LogP contribution in [0.5, 0.6) is 0 Å². The summed E-state index contributed by atoms with van der Waals surface area (Å²) in [5, 5.41) is 7.05. The van der Waals surface area contributed by atoms with Crippen molar-refractivity contribution in [1.29, 1.82) is 0 Å². The minimum absolute atomic E-state index is 0. The molecule has 1 aliphatic heterocycles. The Hall–Kier alpha value is -1.99. The SMILES string of the molecule is CNC(C)Cc1noc(C2CCN(c3ccc(F)cc3)C2=O)n1.Cl. The van der Waals surface area contributed by atoms with Crippen molar-refractivity contribution >= 4 is 24.0 Å². The Morgan fingerprint density at radius 1 is 1.42 bits per heavy atom. The number of nitrogens with one attached hydrogen (secondary N) is 1. The van der Waals surface area contributed by atoms with E-state index < -0.39 is 5.92 Å². The first-order valence-corrected chi connectivity index (χ1v) is 7.65. The molecule has 0 bridgehead atoms. The number of hydrogen-bond donors (Lipinski definition) is 1. The maximum absolute atomic E-state index is 13.0. The van der Waals surface area contributed by atoms with Crippen LogP contribution in [-0.2, 0) is 11.2 Å². The third-order valence-electron chi connectivity index (χ3n) is 4.11. The van der Waals surface area contributed by atoms with E-state index >= 15 is 0 Å². The highest BCUT2D eigenvalue weighted by Crippen LogP contribution is 2.31. The number of carbonyl (C=O) groups is 1. The van der Waals surface area contributed by atoms with Gasteiger partial charge < -0.3 is 14.7 Å². The molecule has 0 aliphatic carbocycles. The number of hydrogen-bond acceptors (Lipinski definition) is 5. The average Bonchev–Trinajstić information content (AvgIpc) is 3.14. The molecule has 0 radical (unpaired) electrons. The second kappa shape index (κ2) is 7.72. The molecule has 2 unspecified atom stereocenters. The zero-order chi connectivity index (χ0) is 16.4. The smallest absolute Gasteiger partial charge is 0.239 e. The Balaban J connectivity index is 0.00000208. The summed E-state index contributed by atoms with van der Waals surface area (Å²) in [6.45, 7) is 2.58. The van der Waals surface area contributed by atoms with Crippen LogP contribution in [0.2, 0.25) is 0 Å². The van der Waals surface area contributed by atoms with Gasteiger partial charge in [-0.15, -0.1) is 12.4 Å². The molecule has 2 heterocycles. The predicted octanol–water partition coefficient (Wildman–Crippen LogP) is 2.30. The molecule has 0 saturated carbocycles. The lowest BCUT2D eigenvalue weighted by Crippen LogP contribution is -2.26. The first-order valence-electron chi connectivity index (χ1n) is 7.65. The molecule has 0 spiro atoms. The number of rotatable bonds is 5. The number of benzene rings is 1. The lowest BCUT2D eigenvalue weighted by molar-refractivity contribution is -0.118. The maximum Gasteiger partial charge on any atom is 0.239 e. The number of halogens is 2.